The third-order valence-corrected chi connectivity index (χ3v) is 4.68. The topological polar surface area (TPSA) is 63.7 Å². The summed E-state index contributed by atoms with van der Waals surface area (Å²) in [6, 6.07) is 2.19. The molecule has 0 aliphatic carbocycles. The van der Waals surface area contributed by atoms with E-state index in [0.29, 0.717) is 18.8 Å². The van der Waals surface area contributed by atoms with Gasteiger partial charge in [0.1, 0.15) is 5.82 Å². The predicted molar refractivity (Wildman–Crippen MR) is 76.9 cm³/mol. The molecule has 0 aromatic heterocycles. The van der Waals surface area contributed by atoms with E-state index >= 15 is 0 Å². The Balaban J connectivity index is 2.58. The number of anilines is 1. The molecule has 5 nitrogen and oxygen atoms in total. The van der Waals surface area contributed by atoms with Gasteiger partial charge in [-0.05, 0) is 31.4 Å². The molecule has 116 valence electrons. The summed E-state index contributed by atoms with van der Waals surface area (Å²) in [6.07, 6.45) is 4.00. The molecule has 1 saturated heterocycles. The van der Waals surface area contributed by atoms with Crippen LogP contribution in [-0.2, 0) is 14.6 Å². The van der Waals surface area contributed by atoms with Crippen molar-refractivity contribution >= 4 is 21.5 Å². The Morgan fingerprint density at radius 1 is 1.24 bits per heavy atom. The maximum atomic E-state index is 14.1. The van der Waals surface area contributed by atoms with Crippen molar-refractivity contribution < 1.29 is 22.3 Å². The summed E-state index contributed by atoms with van der Waals surface area (Å²) < 4.78 is 42.5. The largest absolute Gasteiger partial charge is 0.465 e. The number of esters is 1. The fraction of sp³-hybridized carbons (Fsp3) is 0.500. The van der Waals surface area contributed by atoms with E-state index in [-0.39, 0.29) is 10.5 Å². The molecule has 1 aromatic rings. The van der Waals surface area contributed by atoms with E-state index in [9.17, 15) is 17.6 Å². The van der Waals surface area contributed by atoms with Crippen LogP contribution in [0.25, 0.3) is 0 Å². The highest BCUT2D eigenvalue weighted by Gasteiger charge is 2.25. The van der Waals surface area contributed by atoms with E-state index in [0.717, 1.165) is 44.8 Å². The Morgan fingerprint density at radius 2 is 1.86 bits per heavy atom. The van der Waals surface area contributed by atoms with Crippen LogP contribution >= 0.6 is 0 Å². The Kier molecular flexibility index (Phi) is 4.51. The highest BCUT2D eigenvalue weighted by atomic mass is 32.2. The lowest BCUT2D eigenvalue weighted by molar-refractivity contribution is 0.0595. The van der Waals surface area contributed by atoms with Crippen molar-refractivity contribution in [2.24, 2.45) is 0 Å². The van der Waals surface area contributed by atoms with Crippen LogP contribution in [0.4, 0.5) is 10.1 Å². The van der Waals surface area contributed by atoms with Gasteiger partial charge in [0.25, 0.3) is 0 Å². The first-order chi connectivity index (χ1) is 9.84. The number of carbonyl (C=O) groups excluding carboxylic acids is 1. The number of hydrogen-bond donors (Lipinski definition) is 0. The molecule has 0 spiro atoms. The molecule has 1 fully saturated rings. The molecule has 0 amide bonds. The van der Waals surface area contributed by atoms with E-state index in [4.69, 9.17) is 0 Å². The minimum Gasteiger partial charge on any atom is -0.465 e. The first-order valence-electron chi connectivity index (χ1n) is 6.71. The molecule has 0 radical (unpaired) electrons. The molecule has 0 atom stereocenters. The van der Waals surface area contributed by atoms with Gasteiger partial charge in [0.05, 0.1) is 23.3 Å². The van der Waals surface area contributed by atoms with Crippen LogP contribution in [0, 0.1) is 5.82 Å². The van der Waals surface area contributed by atoms with Crippen LogP contribution < -0.4 is 4.90 Å². The second-order valence-corrected chi connectivity index (χ2v) is 7.10. The summed E-state index contributed by atoms with van der Waals surface area (Å²) in [4.78, 5) is 13.3. The Morgan fingerprint density at radius 3 is 2.38 bits per heavy atom. The van der Waals surface area contributed by atoms with E-state index in [2.05, 4.69) is 4.74 Å². The average molecular weight is 315 g/mol. The van der Waals surface area contributed by atoms with Crippen molar-refractivity contribution in [1.82, 2.24) is 0 Å². The fourth-order valence-electron chi connectivity index (χ4n) is 2.49. The smallest absolute Gasteiger partial charge is 0.340 e. The third kappa shape index (κ3) is 3.34. The lowest BCUT2D eigenvalue weighted by Crippen LogP contribution is -2.31. The summed E-state index contributed by atoms with van der Waals surface area (Å²) in [5.74, 6) is -1.66. The molecule has 2 rings (SSSR count). The first-order valence-corrected chi connectivity index (χ1v) is 8.60. The van der Waals surface area contributed by atoms with Crippen LogP contribution in [0.5, 0.6) is 0 Å². The van der Waals surface area contributed by atoms with Gasteiger partial charge >= 0.3 is 5.97 Å². The normalized spacial score (nSPS) is 15.9. The molecule has 1 aliphatic rings. The number of halogens is 1. The van der Waals surface area contributed by atoms with Gasteiger partial charge in [-0.15, -0.1) is 0 Å². The van der Waals surface area contributed by atoms with E-state index in [1.165, 1.54) is 0 Å². The molecule has 1 aliphatic heterocycles. The first kappa shape index (κ1) is 15.8. The number of carbonyl (C=O) groups is 1. The van der Waals surface area contributed by atoms with Crippen molar-refractivity contribution in [2.75, 3.05) is 31.4 Å². The van der Waals surface area contributed by atoms with E-state index in [1.54, 1.807) is 0 Å². The highest BCUT2D eigenvalue weighted by Crippen LogP contribution is 2.30. The molecule has 0 bridgehead atoms. The van der Waals surface area contributed by atoms with Gasteiger partial charge in [-0.2, -0.15) is 0 Å². The number of ether oxygens (including phenoxy) is 1. The van der Waals surface area contributed by atoms with Crippen LogP contribution in [0.1, 0.15) is 29.6 Å². The minimum atomic E-state index is -3.58. The van der Waals surface area contributed by atoms with Crippen molar-refractivity contribution in [3.05, 3.63) is 23.5 Å². The summed E-state index contributed by atoms with van der Waals surface area (Å²) in [6.45, 7) is 1.36. The third-order valence-electron chi connectivity index (χ3n) is 3.55. The van der Waals surface area contributed by atoms with Gasteiger partial charge in [0.15, 0.2) is 9.84 Å². The zero-order valence-corrected chi connectivity index (χ0v) is 12.9. The number of rotatable bonds is 3. The van der Waals surface area contributed by atoms with Crippen molar-refractivity contribution in [1.29, 1.82) is 0 Å². The second-order valence-electron chi connectivity index (χ2n) is 5.11. The molecular weight excluding hydrogens is 297 g/mol. The number of sulfone groups is 1. The van der Waals surface area contributed by atoms with Crippen LogP contribution in [0.3, 0.4) is 0 Å². The summed E-state index contributed by atoms with van der Waals surface area (Å²) in [5.41, 5.74) is -0.0407. The molecule has 7 heteroatoms. The zero-order valence-electron chi connectivity index (χ0n) is 12.1. The fourth-order valence-corrected chi connectivity index (χ4v) is 3.39. The number of benzene rings is 1. The Bertz CT molecular complexity index is 651. The maximum Gasteiger partial charge on any atom is 0.340 e. The van der Waals surface area contributed by atoms with Crippen LogP contribution in [-0.4, -0.2) is 40.8 Å². The minimum absolute atomic E-state index is 0.0359. The molecule has 0 N–H and O–H groups in total. The average Bonchev–Trinajstić information content (AvgIpc) is 2.46. The summed E-state index contributed by atoms with van der Waals surface area (Å²) in [7, 11) is -2.45. The quantitative estimate of drug-likeness (QED) is 0.630. The second kappa shape index (κ2) is 6.01. The van der Waals surface area contributed by atoms with Crippen molar-refractivity contribution in [2.45, 2.75) is 24.2 Å². The summed E-state index contributed by atoms with van der Waals surface area (Å²) >= 11 is 0. The lowest BCUT2D eigenvalue weighted by Gasteiger charge is -2.30. The molecule has 1 heterocycles. The SMILES string of the molecule is COC(=O)c1cc(S(C)(=O)=O)c(N2CCCCC2)cc1F. The van der Waals surface area contributed by atoms with Gasteiger partial charge in [-0.3, -0.25) is 0 Å². The van der Waals surface area contributed by atoms with Gasteiger partial charge in [-0.25, -0.2) is 17.6 Å². The van der Waals surface area contributed by atoms with E-state index < -0.39 is 21.6 Å². The number of methoxy groups -OCH3 is 1. The standard InChI is InChI=1S/C14H18FNO4S/c1-20-14(17)10-8-13(21(2,18)19)12(9-11(10)15)16-6-4-3-5-7-16/h8-9H,3-7H2,1-2H3. The van der Waals surface area contributed by atoms with Gasteiger partial charge < -0.3 is 9.64 Å². The van der Waals surface area contributed by atoms with Gasteiger partial charge in [-0.1, -0.05) is 0 Å². The lowest BCUT2D eigenvalue weighted by atomic mass is 10.1. The number of hydrogen-bond acceptors (Lipinski definition) is 5. The molecule has 0 saturated carbocycles. The van der Waals surface area contributed by atoms with Crippen LogP contribution in [0.2, 0.25) is 0 Å². The highest BCUT2D eigenvalue weighted by molar-refractivity contribution is 7.90. The van der Waals surface area contributed by atoms with Gasteiger partial charge in [0.2, 0.25) is 0 Å². The molecule has 1 aromatic carbocycles. The number of nitrogens with zero attached hydrogens (tertiary/aromatic N) is 1. The predicted octanol–water partition coefficient (Wildman–Crippen LogP) is 2.01. The van der Waals surface area contributed by atoms with Crippen molar-refractivity contribution in [3.63, 3.8) is 0 Å². The monoisotopic (exact) mass is 315 g/mol. The molecule has 0 unspecified atom stereocenters. The van der Waals surface area contributed by atoms with Gasteiger partial charge in [0, 0.05) is 19.3 Å². The summed E-state index contributed by atoms with van der Waals surface area (Å²) in [5, 5.41) is 0. The van der Waals surface area contributed by atoms with Crippen molar-refractivity contribution in [3.8, 4) is 0 Å². The Hall–Kier alpha value is -1.63. The van der Waals surface area contributed by atoms with Crippen LogP contribution in [0.15, 0.2) is 17.0 Å². The maximum absolute atomic E-state index is 14.1. The molecular formula is C14H18FNO4S. The molecule has 21 heavy (non-hydrogen) atoms. The zero-order chi connectivity index (χ0) is 15.6. The Labute approximate surface area is 123 Å². The number of piperidine rings is 1. The van der Waals surface area contributed by atoms with E-state index in [1.807, 2.05) is 4.90 Å².